The first-order valence-electron chi connectivity index (χ1n) is 9.01. The molecule has 0 radical (unpaired) electrons. The van der Waals surface area contributed by atoms with Crippen molar-refractivity contribution in [3.63, 3.8) is 0 Å². The molecule has 0 fully saturated rings. The van der Waals surface area contributed by atoms with Crippen LogP contribution in [0.3, 0.4) is 0 Å². The molecule has 0 bridgehead atoms. The highest BCUT2D eigenvalue weighted by molar-refractivity contribution is 8.00. The number of halogens is 3. The fourth-order valence-corrected chi connectivity index (χ4v) is 3.34. The van der Waals surface area contributed by atoms with Gasteiger partial charge in [-0.3, -0.25) is 0 Å². The van der Waals surface area contributed by atoms with Crippen LogP contribution in [0.15, 0.2) is 72.3 Å². The van der Waals surface area contributed by atoms with E-state index in [0.29, 0.717) is 11.4 Å². The van der Waals surface area contributed by atoms with Crippen molar-refractivity contribution in [2.75, 3.05) is 17.8 Å². The van der Waals surface area contributed by atoms with E-state index in [9.17, 15) is 13.2 Å². The summed E-state index contributed by atoms with van der Waals surface area (Å²) in [6.45, 7) is 5.81. The number of hydrogen-bond donors (Lipinski definition) is 3. The molecule has 1 aromatic heterocycles. The van der Waals surface area contributed by atoms with Crippen LogP contribution in [-0.2, 0) is 12.7 Å². The molecular weight excluding hydrogens is 397 g/mol. The van der Waals surface area contributed by atoms with E-state index in [4.69, 9.17) is 4.98 Å². The fraction of sp³-hybridized carbons (Fsp3) is 0.190. The molecule has 0 spiro atoms. The summed E-state index contributed by atoms with van der Waals surface area (Å²) in [5.41, 5.74) is 1.87. The van der Waals surface area contributed by atoms with Crippen molar-refractivity contribution in [1.29, 1.82) is 0 Å². The standard InChI is InChI=1S/C21H21F3N4S/c1-2-25-12-13-26-14-17-9-6-15-4-3-5-19(20(15)27-17)28-29-18-10-7-16(8-11-18)21(22,23)24/h2-11,25-26,28H,1,12-14H2. The van der Waals surface area contributed by atoms with Gasteiger partial charge in [-0.25, -0.2) is 4.98 Å². The molecular formula is C21H21F3N4S. The summed E-state index contributed by atoms with van der Waals surface area (Å²) in [5.74, 6) is 0. The van der Waals surface area contributed by atoms with Crippen molar-refractivity contribution >= 4 is 28.5 Å². The summed E-state index contributed by atoms with van der Waals surface area (Å²) in [6, 6.07) is 14.8. The van der Waals surface area contributed by atoms with Crippen molar-refractivity contribution in [1.82, 2.24) is 15.6 Å². The van der Waals surface area contributed by atoms with Crippen LogP contribution in [-0.4, -0.2) is 18.1 Å². The minimum atomic E-state index is -4.33. The van der Waals surface area contributed by atoms with Crippen LogP contribution in [0.1, 0.15) is 11.3 Å². The van der Waals surface area contributed by atoms with E-state index in [0.717, 1.165) is 47.5 Å². The van der Waals surface area contributed by atoms with Gasteiger partial charge in [0.2, 0.25) is 0 Å². The molecule has 0 atom stereocenters. The number of hydrogen-bond acceptors (Lipinski definition) is 5. The Bertz CT molecular complexity index is 958. The van der Waals surface area contributed by atoms with E-state index in [1.54, 1.807) is 6.20 Å². The molecule has 0 saturated carbocycles. The van der Waals surface area contributed by atoms with E-state index in [1.165, 1.54) is 24.1 Å². The third-order valence-electron chi connectivity index (χ3n) is 4.13. The van der Waals surface area contributed by atoms with Gasteiger partial charge in [0.15, 0.2) is 0 Å². The lowest BCUT2D eigenvalue weighted by Gasteiger charge is -2.11. The molecule has 1 heterocycles. The van der Waals surface area contributed by atoms with Gasteiger partial charge < -0.3 is 15.4 Å². The Morgan fingerprint density at radius 2 is 1.79 bits per heavy atom. The SMILES string of the molecule is C=CNCCNCc1ccc2cccc(NSc3ccc(C(F)(F)F)cc3)c2n1. The van der Waals surface area contributed by atoms with E-state index in [2.05, 4.69) is 21.9 Å². The number of rotatable bonds is 9. The molecule has 3 N–H and O–H groups in total. The molecule has 0 aliphatic rings. The average molecular weight is 418 g/mol. The number of aromatic nitrogens is 1. The predicted octanol–water partition coefficient (Wildman–Crippen LogP) is 5.20. The minimum Gasteiger partial charge on any atom is -0.390 e. The third-order valence-corrected chi connectivity index (χ3v) is 4.96. The number of para-hydroxylation sites is 1. The number of pyridine rings is 1. The van der Waals surface area contributed by atoms with Crippen molar-refractivity contribution in [3.05, 3.63) is 78.6 Å². The molecule has 3 rings (SSSR count). The molecule has 152 valence electrons. The fourth-order valence-electron chi connectivity index (χ4n) is 2.67. The number of benzene rings is 2. The second-order valence-corrected chi connectivity index (χ2v) is 7.12. The van der Waals surface area contributed by atoms with Crippen molar-refractivity contribution in [2.45, 2.75) is 17.6 Å². The van der Waals surface area contributed by atoms with Crippen molar-refractivity contribution in [2.24, 2.45) is 0 Å². The van der Waals surface area contributed by atoms with Crippen molar-refractivity contribution < 1.29 is 13.2 Å². The van der Waals surface area contributed by atoms with Crippen LogP contribution in [0.5, 0.6) is 0 Å². The Morgan fingerprint density at radius 1 is 1.00 bits per heavy atom. The highest BCUT2D eigenvalue weighted by atomic mass is 32.2. The topological polar surface area (TPSA) is 49.0 Å². The largest absolute Gasteiger partial charge is 0.416 e. The highest BCUT2D eigenvalue weighted by Crippen LogP contribution is 2.32. The lowest BCUT2D eigenvalue weighted by atomic mass is 10.2. The number of alkyl halides is 3. The number of fused-ring (bicyclic) bond motifs is 1. The maximum Gasteiger partial charge on any atom is 0.416 e. The first kappa shape index (κ1) is 21.0. The summed E-state index contributed by atoms with van der Waals surface area (Å²) in [6.07, 6.45) is -2.68. The Hall–Kier alpha value is -2.71. The van der Waals surface area contributed by atoms with E-state index >= 15 is 0 Å². The van der Waals surface area contributed by atoms with Crippen LogP contribution < -0.4 is 15.4 Å². The molecule has 0 aliphatic heterocycles. The first-order valence-corrected chi connectivity index (χ1v) is 9.83. The van der Waals surface area contributed by atoms with Crippen LogP contribution in [0.2, 0.25) is 0 Å². The molecule has 8 heteroatoms. The third kappa shape index (κ3) is 5.88. The van der Waals surface area contributed by atoms with Crippen LogP contribution in [0, 0.1) is 0 Å². The maximum absolute atomic E-state index is 12.7. The van der Waals surface area contributed by atoms with Crippen molar-refractivity contribution in [3.8, 4) is 0 Å². The smallest absolute Gasteiger partial charge is 0.390 e. The molecule has 0 saturated heterocycles. The summed E-state index contributed by atoms with van der Waals surface area (Å²) in [7, 11) is 0. The number of nitrogens with one attached hydrogen (secondary N) is 3. The summed E-state index contributed by atoms with van der Waals surface area (Å²) >= 11 is 1.25. The van der Waals surface area contributed by atoms with Gasteiger partial charge in [-0.05, 0) is 54.5 Å². The Kier molecular flexibility index (Phi) is 7.00. The first-order chi connectivity index (χ1) is 14.0. The summed E-state index contributed by atoms with van der Waals surface area (Å²) in [5, 5.41) is 7.31. The van der Waals surface area contributed by atoms with Gasteiger partial charge in [0.25, 0.3) is 0 Å². The van der Waals surface area contributed by atoms with E-state index < -0.39 is 11.7 Å². The summed E-state index contributed by atoms with van der Waals surface area (Å²) in [4.78, 5) is 5.41. The average Bonchev–Trinajstić information content (AvgIpc) is 2.71. The highest BCUT2D eigenvalue weighted by Gasteiger charge is 2.29. The van der Waals surface area contributed by atoms with E-state index in [1.807, 2.05) is 30.3 Å². The molecule has 0 amide bonds. The lowest BCUT2D eigenvalue weighted by molar-refractivity contribution is -0.137. The molecule has 2 aromatic carbocycles. The number of anilines is 1. The summed E-state index contributed by atoms with van der Waals surface area (Å²) < 4.78 is 41.3. The zero-order valence-corrected chi connectivity index (χ0v) is 16.4. The van der Waals surface area contributed by atoms with Gasteiger partial charge in [-0.2, -0.15) is 13.2 Å². The molecule has 3 aromatic rings. The molecule has 0 unspecified atom stereocenters. The van der Waals surface area contributed by atoms with Gasteiger partial charge in [-0.1, -0.05) is 24.8 Å². The molecule has 4 nitrogen and oxygen atoms in total. The van der Waals surface area contributed by atoms with Gasteiger partial charge >= 0.3 is 6.18 Å². The maximum atomic E-state index is 12.7. The van der Waals surface area contributed by atoms with E-state index in [-0.39, 0.29) is 0 Å². The molecule has 0 aliphatic carbocycles. The lowest BCUT2D eigenvalue weighted by Crippen LogP contribution is -2.24. The van der Waals surface area contributed by atoms with Crippen LogP contribution in [0.4, 0.5) is 18.9 Å². The van der Waals surface area contributed by atoms with Crippen LogP contribution >= 0.6 is 11.9 Å². The predicted molar refractivity (Wildman–Crippen MR) is 113 cm³/mol. The van der Waals surface area contributed by atoms with Gasteiger partial charge in [0.05, 0.1) is 22.5 Å². The van der Waals surface area contributed by atoms with Gasteiger partial charge in [0, 0.05) is 29.9 Å². The molecule has 29 heavy (non-hydrogen) atoms. The monoisotopic (exact) mass is 418 g/mol. The second-order valence-electron chi connectivity index (χ2n) is 6.24. The second kappa shape index (κ2) is 9.67. The zero-order valence-electron chi connectivity index (χ0n) is 15.6. The normalized spacial score (nSPS) is 11.4. The quantitative estimate of drug-likeness (QED) is 0.330. The Balaban J connectivity index is 1.68. The van der Waals surface area contributed by atoms with Gasteiger partial charge in [-0.15, -0.1) is 0 Å². The van der Waals surface area contributed by atoms with Crippen LogP contribution in [0.25, 0.3) is 10.9 Å². The minimum absolute atomic E-state index is 0.634. The van der Waals surface area contributed by atoms with Gasteiger partial charge in [0.1, 0.15) is 0 Å². The number of nitrogens with zero attached hydrogens (tertiary/aromatic N) is 1. The Morgan fingerprint density at radius 3 is 2.52 bits per heavy atom. The zero-order chi connectivity index (χ0) is 20.7. The Labute approximate surface area is 171 Å².